The highest BCUT2D eigenvalue weighted by molar-refractivity contribution is 5.91. The van der Waals surface area contributed by atoms with E-state index in [1.165, 1.54) is 11.6 Å². The summed E-state index contributed by atoms with van der Waals surface area (Å²) in [7, 11) is 0. The lowest BCUT2D eigenvalue weighted by atomic mass is 9.98. The number of anilines is 1. The fourth-order valence-electron chi connectivity index (χ4n) is 3.78. The maximum Gasteiger partial charge on any atom is 0.321 e. The van der Waals surface area contributed by atoms with Crippen LogP contribution >= 0.6 is 0 Å². The lowest BCUT2D eigenvalue weighted by molar-refractivity contribution is 0.0325. The van der Waals surface area contributed by atoms with Gasteiger partial charge in [-0.2, -0.15) is 8.78 Å². The number of piperazine rings is 1. The standard InChI is InChI=1S/C22H24F2N4O2/c1-22(2)14-27(10-11-28(22)13-15-6-4-3-5-7-15)21(29)25-16-8-9-18-17(12-16)26-20(30-18)19(23)24/h3-9,12,19H,10-11,13-14H2,1-2H3,(H,25,29). The molecule has 1 aliphatic rings. The highest BCUT2D eigenvalue weighted by Crippen LogP contribution is 2.27. The maximum atomic E-state index is 12.8. The predicted octanol–water partition coefficient (Wildman–Crippen LogP) is 4.89. The number of oxazole rings is 1. The van der Waals surface area contributed by atoms with E-state index in [0.717, 1.165) is 13.1 Å². The van der Waals surface area contributed by atoms with Gasteiger partial charge >= 0.3 is 12.5 Å². The van der Waals surface area contributed by atoms with Gasteiger partial charge in [0.15, 0.2) is 5.58 Å². The second-order valence-corrected chi connectivity index (χ2v) is 8.11. The molecule has 1 saturated heterocycles. The molecule has 3 aromatic rings. The van der Waals surface area contributed by atoms with Gasteiger partial charge in [-0.25, -0.2) is 9.78 Å². The molecule has 0 aliphatic carbocycles. The molecule has 1 aromatic heterocycles. The van der Waals surface area contributed by atoms with E-state index in [1.54, 1.807) is 17.0 Å². The fourth-order valence-corrected chi connectivity index (χ4v) is 3.78. The quantitative estimate of drug-likeness (QED) is 0.660. The highest BCUT2D eigenvalue weighted by atomic mass is 19.3. The second-order valence-electron chi connectivity index (χ2n) is 8.11. The third-order valence-electron chi connectivity index (χ3n) is 5.42. The van der Waals surface area contributed by atoms with Crippen LogP contribution in [0.4, 0.5) is 19.3 Å². The van der Waals surface area contributed by atoms with E-state index in [1.807, 2.05) is 18.2 Å². The Kier molecular flexibility index (Phi) is 5.42. The van der Waals surface area contributed by atoms with Gasteiger partial charge in [-0.3, -0.25) is 4.90 Å². The van der Waals surface area contributed by atoms with Crippen LogP contribution in [-0.4, -0.2) is 46.0 Å². The Morgan fingerprint density at radius 2 is 1.97 bits per heavy atom. The van der Waals surface area contributed by atoms with Crippen LogP contribution < -0.4 is 5.32 Å². The molecule has 8 heteroatoms. The summed E-state index contributed by atoms with van der Waals surface area (Å²) < 4.78 is 30.5. The zero-order valence-corrected chi connectivity index (χ0v) is 16.9. The lowest BCUT2D eigenvalue weighted by Gasteiger charge is -2.47. The van der Waals surface area contributed by atoms with Crippen molar-refractivity contribution in [2.75, 3.05) is 25.0 Å². The summed E-state index contributed by atoms with van der Waals surface area (Å²) in [6, 6.07) is 14.7. The zero-order chi connectivity index (χ0) is 21.3. The van der Waals surface area contributed by atoms with E-state index in [2.05, 4.69) is 41.2 Å². The van der Waals surface area contributed by atoms with Gasteiger partial charge in [0, 0.05) is 37.4 Å². The number of benzene rings is 2. The molecule has 1 N–H and O–H groups in total. The minimum Gasteiger partial charge on any atom is -0.435 e. The predicted molar refractivity (Wildman–Crippen MR) is 110 cm³/mol. The number of nitrogens with one attached hydrogen (secondary N) is 1. The fraction of sp³-hybridized carbons (Fsp3) is 0.364. The molecule has 0 unspecified atom stereocenters. The molecular formula is C22H24F2N4O2. The van der Waals surface area contributed by atoms with Crippen molar-refractivity contribution in [1.82, 2.24) is 14.8 Å². The molecule has 2 amide bonds. The Bertz CT molecular complexity index is 1040. The average molecular weight is 414 g/mol. The maximum absolute atomic E-state index is 12.8. The first kappa shape index (κ1) is 20.3. The molecule has 158 valence electrons. The van der Waals surface area contributed by atoms with Crippen LogP contribution in [0.15, 0.2) is 52.9 Å². The van der Waals surface area contributed by atoms with Crippen LogP contribution in [0.5, 0.6) is 0 Å². The van der Waals surface area contributed by atoms with Crippen molar-refractivity contribution in [2.24, 2.45) is 0 Å². The van der Waals surface area contributed by atoms with Gasteiger partial charge in [0.2, 0.25) is 0 Å². The molecule has 0 atom stereocenters. The van der Waals surface area contributed by atoms with Crippen molar-refractivity contribution in [2.45, 2.75) is 32.4 Å². The van der Waals surface area contributed by atoms with Crippen LogP contribution in [0.2, 0.25) is 0 Å². The number of alkyl halides is 2. The molecule has 4 rings (SSSR count). The van der Waals surface area contributed by atoms with Crippen LogP contribution in [0.3, 0.4) is 0 Å². The summed E-state index contributed by atoms with van der Waals surface area (Å²) >= 11 is 0. The molecule has 0 saturated carbocycles. The summed E-state index contributed by atoms with van der Waals surface area (Å²) in [5.41, 5.74) is 2.10. The van der Waals surface area contributed by atoms with Crippen LogP contribution in [0, 0.1) is 0 Å². The molecule has 1 aliphatic heterocycles. The van der Waals surface area contributed by atoms with Crippen molar-refractivity contribution in [1.29, 1.82) is 0 Å². The first-order chi connectivity index (χ1) is 14.3. The Balaban J connectivity index is 1.41. The molecule has 1 fully saturated rings. The molecule has 6 nitrogen and oxygen atoms in total. The number of hydrogen-bond acceptors (Lipinski definition) is 4. The first-order valence-corrected chi connectivity index (χ1v) is 9.85. The number of amides is 2. The molecule has 2 aromatic carbocycles. The molecule has 30 heavy (non-hydrogen) atoms. The number of urea groups is 1. The third kappa shape index (κ3) is 4.28. The number of nitrogens with zero attached hydrogens (tertiary/aromatic N) is 3. The number of aromatic nitrogens is 1. The van der Waals surface area contributed by atoms with Crippen molar-refractivity contribution < 1.29 is 18.0 Å². The third-order valence-corrected chi connectivity index (χ3v) is 5.42. The van der Waals surface area contributed by atoms with Gasteiger partial charge in [-0.15, -0.1) is 0 Å². The average Bonchev–Trinajstić information content (AvgIpc) is 3.14. The van der Waals surface area contributed by atoms with Gasteiger partial charge in [-0.05, 0) is 37.6 Å². The molecule has 0 bridgehead atoms. The molecule has 0 spiro atoms. The lowest BCUT2D eigenvalue weighted by Crippen LogP contribution is -2.60. The van der Waals surface area contributed by atoms with E-state index < -0.39 is 12.3 Å². The summed E-state index contributed by atoms with van der Waals surface area (Å²) in [6.45, 7) is 7.02. The van der Waals surface area contributed by atoms with Crippen molar-refractivity contribution in [3.8, 4) is 0 Å². The number of carbonyl (C=O) groups is 1. The molecule has 2 heterocycles. The van der Waals surface area contributed by atoms with E-state index in [4.69, 9.17) is 4.42 Å². The van der Waals surface area contributed by atoms with Gasteiger partial charge in [0.1, 0.15) is 5.52 Å². The Morgan fingerprint density at radius 3 is 2.67 bits per heavy atom. The van der Waals surface area contributed by atoms with Crippen LogP contribution in [0.25, 0.3) is 11.1 Å². The number of hydrogen-bond donors (Lipinski definition) is 1. The summed E-state index contributed by atoms with van der Waals surface area (Å²) in [5.74, 6) is -0.621. The second kappa shape index (κ2) is 8.02. The van der Waals surface area contributed by atoms with Crippen molar-refractivity contribution >= 4 is 22.8 Å². The van der Waals surface area contributed by atoms with Crippen molar-refractivity contribution in [3.05, 3.63) is 60.0 Å². The summed E-state index contributed by atoms with van der Waals surface area (Å²) in [5, 5.41) is 2.84. The van der Waals surface area contributed by atoms with E-state index in [-0.39, 0.29) is 22.7 Å². The smallest absolute Gasteiger partial charge is 0.321 e. The minimum absolute atomic E-state index is 0.187. The van der Waals surface area contributed by atoms with Crippen LogP contribution in [0.1, 0.15) is 31.7 Å². The highest BCUT2D eigenvalue weighted by Gasteiger charge is 2.35. The number of fused-ring (bicyclic) bond motifs is 1. The molecular weight excluding hydrogens is 390 g/mol. The monoisotopic (exact) mass is 414 g/mol. The Morgan fingerprint density at radius 1 is 1.20 bits per heavy atom. The van der Waals surface area contributed by atoms with Crippen LogP contribution in [-0.2, 0) is 6.54 Å². The van der Waals surface area contributed by atoms with Gasteiger partial charge < -0.3 is 14.6 Å². The topological polar surface area (TPSA) is 61.6 Å². The normalized spacial score (nSPS) is 16.9. The van der Waals surface area contributed by atoms with Gasteiger partial charge in [0.05, 0.1) is 0 Å². The zero-order valence-electron chi connectivity index (χ0n) is 16.9. The number of halogens is 2. The largest absolute Gasteiger partial charge is 0.435 e. The first-order valence-electron chi connectivity index (χ1n) is 9.85. The van der Waals surface area contributed by atoms with E-state index in [0.29, 0.717) is 18.8 Å². The number of rotatable bonds is 4. The van der Waals surface area contributed by atoms with E-state index in [9.17, 15) is 13.6 Å². The summed E-state index contributed by atoms with van der Waals surface area (Å²) in [4.78, 5) is 20.7. The number of carbonyl (C=O) groups excluding carboxylic acids is 1. The Labute approximate surface area is 173 Å². The Hall–Kier alpha value is -3.00. The minimum atomic E-state index is -2.77. The summed E-state index contributed by atoms with van der Waals surface area (Å²) in [6.07, 6.45) is -2.77. The molecule has 0 radical (unpaired) electrons. The van der Waals surface area contributed by atoms with Gasteiger partial charge in [0.25, 0.3) is 5.89 Å². The SMILES string of the molecule is CC1(C)CN(C(=O)Nc2ccc3oc(C(F)F)nc3c2)CCN1Cc1ccccc1. The van der Waals surface area contributed by atoms with Gasteiger partial charge in [-0.1, -0.05) is 30.3 Å². The van der Waals surface area contributed by atoms with E-state index >= 15 is 0 Å². The van der Waals surface area contributed by atoms with Crippen molar-refractivity contribution in [3.63, 3.8) is 0 Å².